The molecule has 0 aromatic carbocycles. The van der Waals surface area contributed by atoms with Crippen molar-refractivity contribution in [1.29, 1.82) is 0 Å². The van der Waals surface area contributed by atoms with Crippen molar-refractivity contribution in [1.82, 2.24) is 9.80 Å². The summed E-state index contributed by atoms with van der Waals surface area (Å²) in [6.07, 6.45) is 4.78. The number of nitrogens with two attached hydrogens (primary N) is 1. The Kier molecular flexibility index (Phi) is 9.36. The van der Waals surface area contributed by atoms with Gasteiger partial charge in [0.2, 0.25) is 5.91 Å². The van der Waals surface area contributed by atoms with Crippen molar-refractivity contribution < 1.29 is 9.53 Å². The van der Waals surface area contributed by atoms with Crippen molar-refractivity contribution in [2.75, 3.05) is 45.9 Å². The zero-order chi connectivity index (χ0) is 16.4. The molecule has 1 unspecified atom stereocenters. The predicted octanol–water partition coefficient (Wildman–Crippen LogP) is 1.49. The van der Waals surface area contributed by atoms with E-state index in [1.54, 1.807) is 0 Å². The van der Waals surface area contributed by atoms with Gasteiger partial charge >= 0.3 is 0 Å². The fourth-order valence-corrected chi connectivity index (χ4v) is 2.56. The summed E-state index contributed by atoms with van der Waals surface area (Å²) < 4.78 is 5.36. The van der Waals surface area contributed by atoms with Crippen LogP contribution in [0.25, 0.3) is 0 Å². The van der Waals surface area contributed by atoms with E-state index in [1.165, 1.54) is 0 Å². The van der Waals surface area contributed by atoms with E-state index >= 15 is 0 Å². The van der Waals surface area contributed by atoms with Crippen molar-refractivity contribution in [2.24, 2.45) is 11.7 Å². The van der Waals surface area contributed by atoms with E-state index in [2.05, 4.69) is 11.5 Å². The van der Waals surface area contributed by atoms with Gasteiger partial charge in [0.25, 0.3) is 0 Å². The number of carbonyl (C=O) groups is 1. The van der Waals surface area contributed by atoms with Crippen molar-refractivity contribution in [3.63, 3.8) is 0 Å². The number of hydrogen-bond acceptors (Lipinski definition) is 4. The molecular formula is C17H33N3O2. The SMILES string of the molecule is C=CCCCN(CCCN1CCOCC1)C(=O)C(N)C(C)C. The molecule has 1 aliphatic rings. The normalized spacial score (nSPS) is 17.5. The monoisotopic (exact) mass is 311 g/mol. The van der Waals surface area contributed by atoms with Gasteiger partial charge in [0.1, 0.15) is 0 Å². The Labute approximate surface area is 135 Å². The summed E-state index contributed by atoms with van der Waals surface area (Å²) in [5.74, 6) is 0.259. The standard InChI is InChI=1S/C17H33N3O2/c1-4-5-6-9-20(17(21)16(18)15(2)3)10-7-8-19-11-13-22-14-12-19/h4,15-16H,1,5-14,18H2,2-3H3. The molecule has 0 aromatic heterocycles. The minimum Gasteiger partial charge on any atom is -0.379 e. The summed E-state index contributed by atoms with van der Waals surface area (Å²) in [6.45, 7) is 13.9. The Morgan fingerprint density at radius 3 is 2.55 bits per heavy atom. The van der Waals surface area contributed by atoms with Crippen molar-refractivity contribution >= 4 is 5.91 Å². The quantitative estimate of drug-likeness (QED) is 0.490. The maximum atomic E-state index is 12.5. The van der Waals surface area contributed by atoms with Gasteiger partial charge in [0, 0.05) is 32.7 Å². The van der Waals surface area contributed by atoms with E-state index in [0.717, 1.165) is 65.2 Å². The van der Waals surface area contributed by atoms with Gasteiger partial charge in [0.15, 0.2) is 0 Å². The van der Waals surface area contributed by atoms with E-state index in [9.17, 15) is 4.79 Å². The Morgan fingerprint density at radius 2 is 1.95 bits per heavy atom. The van der Waals surface area contributed by atoms with Crippen molar-refractivity contribution in [2.45, 2.75) is 39.2 Å². The minimum atomic E-state index is -0.396. The lowest BCUT2D eigenvalue weighted by molar-refractivity contribution is -0.133. The van der Waals surface area contributed by atoms with Gasteiger partial charge < -0.3 is 15.4 Å². The van der Waals surface area contributed by atoms with E-state index in [0.29, 0.717) is 0 Å². The number of rotatable bonds is 10. The molecule has 22 heavy (non-hydrogen) atoms. The summed E-state index contributed by atoms with van der Waals surface area (Å²) in [4.78, 5) is 16.8. The Hall–Kier alpha value is -0.910. The molecule has 0 spiro atoms. The summed E-state index contributed by atoms with van der Waals surface area (Å²) in [5.41, 5.74) is 6.04. The highest BCUT2D eigenvalue weighted by atomic mass is 16.5. The third kappa shape index (κ3) is 6.90. The van der Waals surface area contributed by atoms with Crippen LogP contribution in [-0.4, -0.2) is 67.7 Å². The third-order valence-corrected chi connectivity index (χ3v) is 4.16. The highest BCUT2D eigenvalue weighted by Crippen LogP contribution is 2.07. The fraction of sp³-hybridized carbons (Fsp3) is 0.824. The lowest BCUT2D eigenvalue weighted by Gasteiger charge is -2.30. The molecule has 1 aliphatic heterocycles. The molecule has 5 heteroatoms. The molecule has 1 rings (SSSR count). The smallest absolute Gasteiger partial charge is 0.239 e. The summed E-state index contributed by atoms with van der Waals surface area (Å²) in [7, 11) is 0. The molecule has 0 bridgehead atoms. The first-order valence-electron chi connectivity index (χ1n) is 8.51. The minimum absolute atomic E-state index is 0.0843. The molecule has 0 saturated carbocycles. The van der Waals surface area contributed by atoms with Crippen molar-refractivity contribution in [3.8, 4) is 0 Å². The average Bonchev–Trinajstić information content (AvgIpc) is 2.53. The lowest BCUT2D eigenvalue weighted by Crippen LogP contribution is -2.47. The first-order valence-corrected chi connectivity index (χ1v) is 8.51. The number of amides is 1. The van der Waals surface area contributed by atoms with E-state index < -0.39 is 6.04 Å². The van der Waals surface area contributed by atoms with E-state index in [1.807, 2.05) is 24.8 Å². The maximum Gasteiger partial charge on any atom is 0.239 e. The molecule has 1 atom stereocenters. The zero-order valence-electron chi connectivity index (χ0n) is 14.3. The van der Waals surface area contributed by atoms with Crippen LogP contribution < -0.4 is 5.73 Å². The van der Waals surface area contributed by atoms with Crippen molar-refractivity contribution in [3.05, 3.63) is 12.7 Å². The lowest BCUT2D eigenvalue weighted by atomic mass is 10.0. The largest absolute Gasteiger partial charge is 0.379 e. The Balaban J connectivity index is 2.42. The van der Waals surface area contributed by atoms with Crippen LogP contribution in [0, 0.1) is 5.92 Å². The molecule has 1 heterocycles. The van der Waals surface area contributed by atoms with Gasteiger partial charge in [-0.05, 0) is 25.2 Å². The predicted molar refractivity (Wildman–Crippen MR) is 90.7 cm³/mol. The van der Waals surface area contributed by atoms with Crippen LogP contribution >= 0.6 is 0 Å². The molecule has 1 amide bonds. The number of allylic oxidation sites excluding steroid dienone is 1. The highest BCUT2D eigenvalue weighted by molar-refractivity contribution is 5.81. The maximum absolute atomic E-state index is 12.5. The molecule has 1 saturated heterocycles. The molecule has 128 valence electrons. The van der Waals surface area contributed by atoms with Gasteiger partial charge in [-0.2, -0.15) is 0 Å². The van der Waals surface area contributed by atoms with Gasteiger partial charge in [0.05, 0.1) is 19.3 Å². The van der Waals surface area contributed by atoms with Crippen LogP contribution in [0.15, 0.2) is 12.7 Å². The van der Waals surface area contributed by atoms with Crippen LogP contribution in [0.2, 0.25) is 0 Å². The molecule has 5 nitrogen and oxygen atoms in total. The molecular weight excluding hydrogens is 278 g/mol. The van der Waals surface area contributed by atoms with E-state index in [-0.39, 0.29) is 11.8 Å². The van der Waals surface area contributed by atoms with Crippen LogP contribution in [0.1, 0.15) is 33.1 Å². The van der Waals surface area contributed by atoms with Gasteiger partial charge in [-0.15, -0.1) is 6.58 Å². The van der Waals surface area contributed by atoms with Gasteiger partial charge in [-0.25, -0.2) is 0 Å². The number of morpholine rings is 1. The first kappa shape index (κ1) is 19.1. The topological polar surface area (TPSA) is 58.8 Å². The zero-order valence-corrected chi connectivity index (χ0v) is 14.3. The number of unbranched alkanes of at least 4 members (excludes halogenated alkanes) is 1. The molecule has 0 radical (unpaired) electrons. The van der Waals surface area contributed by atoms with Crippen LogP contribution in [0.5, 0.6) is 0 Å². The fourth-order valence-electron chi connectivity index (χ4n) is 2.56. The van der Waals surface area contributed by atoms with Crippen LogP contribution in [0.4, 0.5) is 0 Å². The van der Waals surface area contributed by atoms with Gasteiger partial charge in [-0.1, -0.05) is 19.9 Å². The second kappa shape index (κ2) is 10.8. The molecule has 1 fully saturated rings. The number of carbonyl (C=O) groups excluding carboxylic acids is 1. The molecule has 0 aromatic rings. The van der Waals surface area contributed by atoms with Crippen LogP contribution in [-0.2, 0) is 9.53 Å². The second-order valence-electron chi connectivity index (χ2n) is 6.33. The first-order chi connectivity index (χ1) is 10.6. The van der Waals surface area contributed by atoms with Crippen LogP contribution in [0.3, 0.4) is 0 Å². The molecule has 0 aliphatic carbocycles. The third-order valence-electron chi connectivity index (χ3n) is 4.16. The highest BCUT2D eigenvalue weighted by Gasteiger charge is 2.23. The number of ether oxygens (including phenoxy) is 1. The Bertz CT molecular complexity index is 328. The summed E-state index contributed by atoms with van der Waals surface area (Å²) >= 11 is 0. The average molecular weight is 311 g/mol. The molecule has 2 N–H and O–H groups in total. The summed E-state index contributed by atoms with van der Waals surface area (Å²) in [5, 5.41) is 0. The number of nitrogens with zero attached hydrogens (tertiary/aromatic N) is 2. The van der Waals surface area contributed by atoms with Gasteiger partial charge in [-0.3, -0.25) is 9.69 Å². The number of hydrogen-bond donors (Lipinski definition) is 1. The Morgan fingerprint density at radius 1 is 1.32 bits per heavy atom. The van der Waals surface area contributed by atoms with E-state index in [4.69, 9.17) is 10.5 Å². The second-order valence-corrected chi connectivity index (χ2v) is 6.33. The summed E-state index contributed by atoms with van der Waals surface area (Å²) in [6, 6.07) is -0.396.